The van der Waals surface area contributed by atoms with Gasteiger partial charge in [-0.15, -0.1) is 0 Å². The molecule has 1 rings (SSSR count). The summed E-state index contributed by atoms with van der Waals surface area (Å²) < 4.78 is 0. The number of carbonyl (C=O) groups excluding carboxylic acids is 1. The first kappa shape index (κ1) is 15.8. The van der Waals surface area contributed by atoms with Crippen LogP contribution in [0.1, 0.15) is 52.9 Å². The van der Waals surface area contributed by atoms with Gasteiger partial charge in [-0.25, -0.2) is 4.79 Å². The molecule has 1 aliphatic rings. The number of nitrogens with zero attached hydrogens (tertiary/aromatic N) is 1. The first-order valence-electron chi connectivity index (χ1n) is 7.13. The van der Waals surface area contributed by atoms with Crippen LogP contribution < -0.4 is 5.32 Å². The summed E-state index contributed by atoms with van der Waals surface area (Å²) in [6, 6.07) is -0.138. The maximum Gasteiger partial charge on any atom is 0.317 e. The lowest BCUT2D eigenvalue weighted by Gasteiger charge is -2.35. The Bertz CT molecular complexity index is 321. The van der Waals surface area contributed by atoms with Crippen molar-refractivity contribution in [1.82, 2.24) is 10.2 Å². The average Bonchev–Trinajstić information content (AvgIpc) is 2.27. The van der Waals surface area contributed by atoms with Crippen LogP contribution in [0, 0.1) is 5.92 Å². The van der Waals surface area contributed by atoms with Crippen LogP contribution >= 0.6 is 0 Å². The summed E-state index contributed by atoms with van der Waals surface area (Å²) in [5, 5.41) is 11.6. The molecule has 1 aliphatic heterocycles. The van der Waals surface area contributed by atoms with E-state index in [4.69, 9.17) is 5.11 Å². The highest BCUT2D eigenvalue weighted by Crippen LogP contribution is 2.22. The summed E-state index contributed by atoms with van der Waals surface area (Å²) in [4.78, 5) is 24.6. The number of aliphatic carboxylic acids is 1. The van der Waals surface area contributed by atoms with Crippen LogP contribution in [0.3, 0.4) is 0 Å². The Labute approximate surface area is 115 Å². The molecule has 0 aliphatic carbocycles. The first-order chi connectivity index (χ1) is 8.84. The number of nitrogens with one attached hydrogen (secondary N) is 1. The zero-order valence-corrected chi connectivity index (χ0v) is 12.2. The van der Waals surface area contributed by atoms with Gasteiger partial charge in [-0.05, 0) is 32.6 Å². The minimum Gasteiger partial charge on any atom is -0.481 e. The van der Waals surface area contributed by atoms with Gasteiger partial charge in [0.25, 0.3) is 0 Å². The van der Waals surface area contributed by atoms with Crippen molar-refractivity contribution in [3.63, 3.8) is 0 Å². The van der Waals surface area contributed by atoms with Gasteiger partial charge in [0, 0.05) is 18.6 Å². The Morgan fingerprint density at radius 3 is 2.37 bits per heavy atom. The van der Waals surface area contributed by atoms with Crippen LogP contribution in [0.2, 0.25) is 0 Å². The molecule has 1 saturated heterocycles. The minimum atomic E-state index is -0.896. The number of piperidine rings is 1. The topological polar surface area (TPSA) is 69.6 Å². The van der Waals surface area contributed by atoms with Gasteiger partial charge in [0.05, 0.1) is 6.42 Å². The third-order valence-corrected chi connectivity index (χ3v) is 3.64. The summed E-state index contributed by atoms with van der Waals surface area (Å²) in [5.41, 5.74) is -0.705. The van der Waals surface area contributed by atoms with Crippen molar-refractivity contribution in [2.24, 2.45) is 5.92 Å². The molecule has 0 bridgehead atoms. The molecule has 110 valence electrons. The summed E-state index contributed by atoms with van der Waals surface area (Å²) >= 11 is 0. The molecule has 2 amide bonds. The largest absolute Gasteiger partial charge is 0.481 e. The van der Waals surface area contributed by atoms with Gasteiger partial charge >= 0.3 is 12.0 Å². The lowest BCUT2D eigenvalue weighted by molar-refractivity contribution is -0.138. The van der Waals surface area contributed by atoms with E-state index in [9.17, 15) is 9.59 Å². The number of hydrogen-bond donors (Lipinski definition) is 2. The third kappa shape index (κ3) is 5.49. The van der Waals surface area contributed by atoms with Crippen LogP contribution in [0.25, 0.3) is 0 Å². The van der Waals surface area contributed by atoms with Crippen molar-refractivity contribution in [3.05, 3.63) is 0 Å². The fraction of sp³-hybridized carbons (Fsp3) is 0.857. The van der Waals surface area contributed by atoms with Crippen molar-refractivity contribution < 1.29 is 14.7 Å². The molecule has 1 fully saturated rings. The molecule has 5 heteroatoms. The third-order valence-electron chi connectivity index (χ3n) is 3.64. The van der Waals surface area contributed by atoms with Gasteiger partial charge in [0.1, 0.15) is 0 Å². The van der Waals surface area contributed by atoms with Crippen molar-refractivity contribution in [2.75, 3.05) is 13.1 Å². The standard InChI is InChI=1S/C14H26N2O3/c1-4-5-11-6-8-16(9-7-11)13(19)15-14(2,3)10-12(17)18/h11H,4-10H2,1-3H3,(H,15,19)(H,17,18). The Morgan fingerprint density at radius 2 is 1.89 bits per heavy atom. The van der Waals surface area contributed by atoms with E-state index in [2.05, 4.69) is 12.2 Å². The van der Waals surface area contributed by atoms with E-state index in [0.717, 1.165) is 31.8 Å². The van der Waals surface area contributed by atoms with Gasteiger partial charge < -0.3 is 15.3 Å². The Hall–Kier alpha value is -1.26. The number of rotatable bonds is 5. The number of amides is 2. The molecule has 19 heavy (non-hydrogen) atoms. The summed E-state index contributed by atoms with van der Waals surface area (Å²) in [6.45, 7) is 7.22. The van der Waals surface area contributed by atoms with Gasteiger partial charge in [-0.2, -0.15) is 0 Å². The van der Waals surface area contributed by atoms with E-state index in [-0.39, 0.29) is 12.5 Å². The van der Waals surface area contributed by atoms with Crippen LogP contribution in [0.15, 0.2) is 0 Å². The smallest absolute Gasteiger partial charge is 0.317 e. The lowest BCUT2D eigenvalue weighted by Crippen LogP contribution is -2.52. The van der Waals surface area contributed by atoms with Crippen LogP contribution in [-0.2, 0) is 4.79 Å². The molecule has 0 atom stereocenters. The van der Waals surface area contributed by atoms with Crippen LogP contribution in [-0.4, -0.2) is 40.6 Å². The molecular formula is C14H26N2O3. The molecule has 0 unspecified atom stereocenters. The predicted octanol–water partition coefficient (Wildman–Crippen LogP) is 2.46. The number of hydrogen-bond acceptors (Lipinski definition) is 2. The Morgan fingerprint density at radius 1 is 1.32 bits per heavy atom. The number of carbonyl (C=O) groups is 2. The molecular weight excluding hydrogens is 244 g/mol. The number of carboxylic acid groups (broad SMARTS) is 1. The molecule has 1 heterocycles. The molecule has 2 N–H and O–H groups in total. The van der Waals surface area contributed by atoms with Crippen molar-refractivity contribution in [1.29, 1.82) is 0 Å². The van der Waals surface area contributed by atoms with E-state index in [1.54, 1.807) is 18.7 Å². The predicted molar refractivity (Wildman–Crippen MR) is 74.1 cm³/mol. The normalized spacial score (nSPS) is 17.3. The Kier molecular flexibility index (Phi) is 5.63. The second-order valence-corrected chi connectivity index (χ2v) is 6.10. The van der Waals surface area contributed by atoms with Gasteiger partial charge in [-0.1, -0.05) is 19.8 Å². The summed E-state index contributed by atoms with van der Waals surface area (Å²) in [5.74, 6) is -0.159. The number of carboxylic acids is 1. The fourth-order valence-corrected chi connectivity index (χ4v) is 2.62. The van der Waals surface area contributed by atoms with Gasteiger partial charge in [0.15, 0.2) is 0 Å². The highest BCUT2D eigenvalue weighted by molar-refractivity contribution is 5.76. The minimum absolute atomic E-state index is 0.0644. The SMILES string of the molecule is CCCC1CCN(C(=O)NC(C)(C)CC(=O)O)CC1. The van der Waals surface area contributed by atoms with E-state index >= 15 is 0 Å². The Balaban J connectivity index is 2.41. The monoisotopic (exact) mass is 270 g/mol. The maximum absolute atomic E-state index is 12.1. The van der Waals surface area contributed by atoms with E-state index in [1.165, 1.54) is 12.8 Å². The number of likely N-dealkylation sites (tertiary alicyclic amines) is 1. The van der Waals surface area contributed by atoms with E-state index < -0.39 is 11.5 Å². The zero-order valence-electron chi connectivity index (χ0n) is 12.2. The first-order valence-corrected chi connectivity index (χ1v) is 7.13. The quantitative estimate of drug-likeness (QED) is 0.806. The molecule has 0 aromatic carbocycles. The summed E-state index contributed by atoms with van der Waals surface area (Å²) in [6.07, 6.45) is 4.48. The average molecular weight is 270 g/mol. The molecule has 5 nitrogen and oxygen atoms in total. The van der Waals surface area contributed by atoms with E-state index in [0.29, 0.717) is 0 Å². The molecule has 0 radical (unpaired) electrons. The van der Waals surface area contributed by atoms with Crippen molar-refractivity contribution >= 4 is 12.0 Å². The van der Waals surface area contributed by atoms with Gasteiger partial charge in [0.2, 0.25) is 0 Å². The van der Waals surface area contributed by atoms with E-state index in [1.807, 2.05) is 0 Å². The number of urea groups is 1. The summed E-state index contributed by atoms with van der Waals surface area (Å²) in [7, 11) is 0. The van der Waals surface area contributed by atoms with Crippen molar-refractivity contribution in [3.8, 4) is 0 Å². The fourth-order valence-electron chi connectivity index (χ4n) is 2.62. The second-order valence-electron chi connectivity index (χ2n) is 6.10. The van der Waals surface area contributed by atoms with Crippen molar-refractivity contribution in [2.45, 2.75) is 58.4 Å². The molecule has 0 aromatic heterocycles. The second kappa shape index (κ2) is 6.78. The lowest BCUT2D eigenvalue weighted by atomic mass is 9.92. The maximum atomic E-state index is 12.1. The van der Waals surface area contributed by atoms with Crippen LogP contribution in [0.5, 0.6) is 0 Å². The molecule has 0 saturated carbocycles. The highest BCUT2D eigenvalue weighted by Gasteiger charge is 2.28. The van der Waals surface area contributed by atoms with Crippen LogP contribution in [0.4, 0.5) is 4.79 Å². The molecule has 0 aromatic rings. The highest BCUT2D eigenvalue weighted by atomic mass is 16.4. The molecule has 0 spiro atoms. The van der Waals surface area contributed by atoms with Gasteiger partial charge in [-0.3, -0.25) is 4.79 Å². The zero-order chi connectivity index (χ0) is 14.5.